The van der Waals surface area contributed by atoms with Crippen LogP contribution in [0.5, 0.6) is 0 Å². The molecule has 1 fully saturated rings. The molecular formula is C17H24N2O2. The molecule has 114 valence electrons. The van der Waals surface area contributed by atoms with Crippen molar-refractivity contribution in [1.82, 2.24) is 5.32 Å². The lowest BCUT2D eigenvalue weighted by atomic mass is 10.0. The van der Waals surface area contributed by atoms with Crippen LogP contribution in [0.15, 0.2) is 30.3 Å². The van der Waals surface area contributed by atoms with Gasteiger partial charge in [-0.05, 0) is 37.8 Å². The molecule has 1 aromatic carbocycles. The van der Waals surface area contributed by atoms with E-state index in [-0.39, 0.29) is 11.8 Å². The topological polar surface area (TPSA) is 49.4 Å². The van der Waals surface area contributed by atoms with Crippen molar-refractivity contribution in [3.63, 3.8) is 0 Å². The monoisotopic (exact) mass is 288 g/mol. The van der Waals surface area contributed by atoms with E-state index in [4.69, 9.17) is 0 Å². The molecule has 1 aromatic rings. The zero-order chi connectivity index (χ0) is 15.5. The Morgan fingerprint density at radius 1 is 1.24 bits per heavy atom. The van der Waals surface area contributed by atoms with Gasteiger partial charge in [0.05, 0.1) is 0 Å². The van der Waals surface area contributed by atoms with Crippen molar-refractivity contribution < 1.29 is 9.59 Å². The molecule has 0 aliphatic heterocycles. The van der Waals surface area contributed by atoms with Gasteiger partial charge in [-0.15, -0.1) is 0 Å². The van der Waals surface area contributed by atoms with Crippen LogP contribution in [0.3, 0.4) is 0 Å². The summed E-state index contributed by atoms with van der Waals surface area (Å²) in [6.07, 6.45) is 1.30. The minimum atomic E-state index is -0.833. The molecule has 1 N–H and O–H groups in total. The summed E-state index contributed by atoms with van der Waals surface area (Å²) in [6.45, 7) is 7.22. The van der Waals surface area contributed by atoms with E-state index >= 15 is 0 Å². The highest BCUT2D eigenvalue weighted by Gasteiger charge is 2.57. The Bertz CT molecular complexity index is 507. The molecule has 0 unspecified atom stereocenters. The summed E-state index contributed by atoms with van der Waals surface area (Å²) < 4.78 is 0. The maximum atomic E-state index is 12.8. The lowest BCUT2D eigenvalue weighted by Gasteiger charge is -2.26. The third-order valence-corrected chi connectivity index (χ3v) is 3.89. The number of nitrogens with one attached hydrogen (secondary N) is 1. The van der Waals surface area contributed by atoms with Crippen molar-refractivity contribution in [2.45, 2.75) is 33.6 Å². The third kappa shape index (κ3) is 3.26. The fourth-order valence-electron chi connectivity index (χ4n) is 2.44. The van der Waals surface area contributed by atoms with Gasteiger partial charge in [-0.2, -0.15) is 0 Å². The molecule has 1 aliphatic carbocycles. The van der Waals surface area contributed by atoms with Crippen LogP contribution >= 0.6 is 0 Å². The van der Waals surface area contributed by atoms with Gasteiger partial charge in [0.1, 0.15) is 5.41 Å². The predicted molar refractivity (Wildman–Crippen MR) is 84.0 cm³/mol. The first-order valence-corrected chi connectivity index (χ1v) is 7.66. The first-order valence-electron chi connectivity index (χ1n) is 7.66. The van der Waals surface area contributed by atoms with Crippen molar-refractivity contribution in [2.75, 3.05) is 18.0 Å². The third-order valence-electron chi connectivity index (χ3n) is 3.89. The van der Waals surface area contributed by atoms with E-state index in [2.05, 4.69) is 5.32 Å². The SMILES string of the molecule is CCN(C(=O)C1(C(=O)NCC(C)C)CC1)c1ccccc1. The molecule has 0 aromatic heterocycles. The van der Waals surface area contributed by atoms with Crippen LogP contribution in [-0.4, -0.2) is 24.9 Å². The van der Waals surface area contributed by atoms with E-state index < -0.39 is 5.41 Å². The Balaban J connectivity index is 2.12. The lowest BCUT2D eigenvalue weighted by Crippen LogP contribution is -2.46. The molecule has 4 nitrogen and oxygen atoms in total. The number of hydrogen-bond donors (Lipinski definition) is 1. The zero-order valence-corrected chi connectivity index (χ0v) is 13.1. The van der Waals surface area contributed by atoms with E-state index in [1.54, 1.807) is 4.90 Å². The first kappa shape index (κ1) is 15.5. The van der Waals surface area contributed by atoms with E-state index in [1.807, 2.05) is 51.1 Å². The largest absolute Gasteiger partial charge is 0.355 e. The molecule has 0 heterocycles. The summed E-state index contributed by atoms with van der Waals surface area (Å²) in [4.78, 5) is 26.9. The number of rotatable bonds is 6. The molecule has 2 amide bonds. The van der Waals surface area contributed by atoms with Crippen LogP contribution in [0, 0.1) is 11.3 Å². The molecule has 1 saturated carbocycles. The summed E-state index contributed by atoms with van der Waals surface area (Å²) in [7, 11) is 0. The van der Waals surface area contributed by atoms with Crippen molar-refractivity contribution in [2.24, 2.45) is 11.3 Å². The number of para-hydroxylation sites is 1. The average Bonchev–Trinajstić information content (AvgIpc) is 3.28. The number of benzene rings is 1. The van der Waals surface area contributed by atoms with Crippen LogP contribution in [0.2, 0.25) is 0 Å². The molecule has 0 atom stereocenters. The second-order valence-corrected chi connectivity index (χ2v) is 6.07. The first-order chi connectivity index (χ1) is 10.0. The Morgan fingerprint density at radius 3 is 2.33 bits per heavy atom. The van der Waals surface area contributed by atoms with E-state index in [0.29, 0.717) is 31.8 Å². The maximum absolute atomic E-state index is 12.8. The zero-order valence-electron chi connectivity index (χ0n) is 13.1. The number of carbonyl (C=O) groups excluding carboxylic acids is 2. The minimum absolute atomic E-state index is 0.0718. The lowest BCUT2D eigenvalue weighted by molar-refractivity contribution is -0.135. The summed E-state index contributed by atoms with van der Waals surface area (Å²) in [5, 5.41) is 2.91. The molecule has 0 spiro atoms. The van der Waals surface area contributed by atoms with Crippen LogP contribution in [-0.2, 0) is 9.59 Å². The molecule has 2 rings (SSSR count). The molecule has 1 aliphatic rings. The second-order valence-electron chi connectivity index (χ2n) is 6.07. The van der Waals surface area contributed by atoms with Crippen molar-refractivity contribution in [1.29, 1.82) is 0 Å². The van der Waals surface area contributed by atoms with Gasteiger partial charge in [0.2, 0.25) is 11.8 Å². The molecule has 4 heteroatoms. The van der Waals surface area contributed by atoms with Crippen LogP contribution in [0.4, 0.5) is 5.69 Å². The number of anilines is 1. The van der Waals surface area contributed by atoms with Gasteiger partial charge in [-0.1, -0.05) is 32.0 Å². The van der Waals surface area contributed by atoms with Gasteiger partial charge < -0.3 is 10.2 Å². The Morgan fingerprint density at radius 2 is 1.86 bits per heavy atom. The van der Waals surface area contributed by atoms with Crippen LogP contribution in [0.25, 0.3) is 0 Å². The molecular weight excluding hydrogens is 264 g/mol. The molecule has 0 bridgehead atoms. The van der Waals surface area contributed by atoms with Crippen LogP contribution in [0.1, 0.15) is 33.6 Å². The predicted octanol–water partition coefficient (Wildman–Crippen LogP) is 2.59. The molecule has 0 saturated heterocycles. The standard InChI is InChI=1S/C17H24N2O2/c1-4-19(14-8-6-5-7-9-14)16(21)17(10-11-17)15(20)18-12-13(2)3/h5-9,13H,4,10-12H2,1-3H3,(H,18,20). The smallest absolute Gasteiger partial charge is 0.242 e. The van der Waals surface area contributed by atoms with Crippen molar-refractivity contribution >= 4 is 17.5 Å². The molecule has 0 radical (unpaired) electrons. The van der Waals surface area contributed by atoms with Gasteiger partial charge in [-0.3, -0.25) is 9.59 Å². The number of hydrogen-bond acceptors (Lipinski definition) is 2. The van der Waals surface area contributed by atoms with Gasteiger partial charge in [-0.25, -0.2) is 0 Å². The summed E-state index contributed by atoms with van der Waals surface area (Å²) in [6, 6.07) is 9.55. The van der Waals surface area contributed by atoms with Crippen LogP contribution < -0.4 is 10.2 Å². The normalized spacial score (nSPS) is 15.6. The fourth-order valence-corrected chi connectivity index (χ4v) is 2.44. The second kappa shape index (κ2) is 6.29. The van der Waals surface area contributed by atoms with Gasteiger partial charge in [0.25, 0.3) is 0 Å². The average molecular weight is 288 g/mol. The highest BCUT2D eigenvalue weighted by Crippen LogP contribution is 2.48. The van der Waals surface area contributed by atoms with Gasteiger partial charge >= 0.3 is 0 Å². The maximum Gasteiger partial charge on any atom is 0.242 e. The number of nitrogens with zero attached hydrogens (tertiary/aromatic N) is 1. The highest BCUT2D eigenvalue weighted by molar-refractivity contribution is 6.14. The van der Waals surface area contributed by atoms with E-state index in [9.17, 15) is 9.59 Å². The summed E-state index contributed by atoms with van der Waals surface area (Å²) in [5.74, 6) is 0.198. The van der Waals surface area contributed by atoms with Crippen molar-refractivity contribution in [3.8, 4) is 0 Å². The van der Waals surface area contributed by atoms with Gasteiger partial charge in [0, 0.05) is 18.8 Å². The summed E-state index contributed by atoms with van der Waals surface area (Å²) in [5.41, 5.74) is 0.0220. The number of amides is 2. The highest BCUT2D eigenvalue weighted by atomic mass is 16.2. The minimum Gasteiger partial charge on any atom is -0.355 e. The Hall–Kier alpha value is -1.84. The van der Waals surface area contributed by atoms with E-state index in [0.717, 1.165) is 5.69 Å². The quantitative estimate of drug-likeness (QED) is 0.818. The Kier molecular flexibility index (Phi) is 4.66. The fraction of sp³-hybridized carbons (Fsp3) is 0.529. The number of carbonyl (C=O) groups is 2. The Labute approximate surface area is 126 Å². The van der Waals surface area contributed by atoms with E-state index in [1.165, 1.54) is 0 Å². The summed E-state index contributed by atoms with van der Waals surface area (Å²) >= 11 is 0. The van der Waals surface area contributed by atoms with Gasteiger partial charge in [0.15, 0.2) is 0 Å². The molecule has 21 heavy (non-hydrogen) atoms. The van der Waals surface area contributed by atoms with Crippen molar-refractivity contribution in [3.05, 3.63) is 30.3 Å².